The summed E-state index contributed by atoms with van der Waals surface area (Å²) in [6, 6.07) is 7.17. The zero-order valence-electron chi connectivity index (χ0n) is 10.3. The molecule has 2 unspecified atom stereocenters. The van der Waals surface area contributed by atoms with Gasteiger partial charge in [0, 0.05) is 10.6 Å². The van der Waals surface area contributed by atoms with Gasteiger partial charge in [-0.2, -0.15) is 11.8 Å². The molecule has 1 N–H and O–H groups in total. The minimum Gasteiger partial charge on any atom is -0.456 e. The van der Waals surface area contributed by atoms with Gasteiger partial charge in [-0.3, -0.25) is 0 Å². The maximum atomic E-state index is 13.6. The fourth-order valence-corrected chi connectivity index (χ4v) is 4.01. The van der Waals surface area contributed by atoms with Gasteiger partial charge in [-0.25, -0.2) is 4.39 Å². The van der Waals surface area contributed by atoms with Gasteiger partial charge in [-0.05, 0) is 37.8 Å². The Labute approximate surface area is 110 Å². The van der Waals surface area contributed by atoms with Crippen molar-refractivity contribution in [3.63, 3.8) is 0 Å². The molecular formula is C14H16FNOS. The van der Waals surface area contributed by atoms with E-state index in [4.69, 9.17) is 4.42 Å². The highest BCUT2D eigenvalue weighted by Gasteiger charge is 2.28. The summed E-state index contributed by atoms with van der Waals surface area (Å²) < 4.78 is 19.3. The van der Waals surface area contributed by atoms with E-state index in [1.807, 2.05) is 30.9 Å². The van der Waals surface area contributed by atoms with E-state index in [0.717, 1.165) is 11.1 Å². The lowest BCUT2D eigenvalue weighted by Gasteiger charge is -2.19. The van der Waals surface area contributed by atoms with Gasteiger partial charge < -0.3 is 9.73 Å². The normalized spacial score (nSPS) is 21.6. The molecule has 2 atom stereocenters. The SMILES string of the molecule is CNC(c1cc2cccc(F)c2o1)C1CCCS1. The van der Waals surface area contributed by atoms with Crippen LogP contribution in [0.2, 0.25) is 0 Å². The summed E-state index contributed by atoms with van der Waals surface area (Å²) in [7, 11) is 1.94. The summed E-state index contributed by atoms with van der Waals surface area (Å²) in [6.45, 7) is 0. The maximum Gasteiger partial charge on any atom is 0.169 e. The van der Waals surface area contributed by atoms with Crippen molar-refractivity contribution in [1.82, 2.24) is 5.32 Å². The Morgan fingerprint density at radius 3 is 3.06 bits per heavy atom. The topological polar surface area (TPSA) is 25.2 Å². The largest absolute Gasteiger partial charge is 0.456 e. The highest BCUT2D eigenvalue weighted by Crippen LogP contribution is 2.37. The second-order valence-corrected chi connectivity index (χ2v) is 5.97. The van der Waals surface area contributed by atoms with Gasteiger partial charge >= 0.3 is 0 Å². The van der Waals surface area contributed by atoms with Crippen LogP contribution in [0.25, 0.3) is 11.0 Å². The van der Waals surface area contributed by atoms with Gasteiger partial charge in [0.05, 0.1) is 6.04 Å². The third-order valence-electron chi connectivity index (χ3n) is 3.47. The third kappa shape index (κ3) is 2.04. The molecule has 1 aliphatic heterocycles. The van der Waals surface area contributed by atoms with Gasteiger partial charge in [0.1, 0.15) is 5.76 Å². The predicted octanol–water partition coefficient (Wildman–Crippen LogP) is 3.73. The summed E-state index contributed by atoms with van der Waals surface area (Å²) in [4.78, 5) is 0. The minimum atomic E-state index is -0.285. The summed E-state index contributed by atoms with van der Waals surface area (Å²) >= 11 is 1.97. The van der Waals surface area contributed by atoms with E-state index in [0.29, 0.717) is 10.8 Å². The van der Waals surface area contributed by atoms with Crippen molar-refractivity contribution in [2.24, 2.45) is 0 Å². The zero-order valence-corrected chi connectivity index (χ0v) is 11.1. The van der Waals surface area contributed by atoms with E-state index in [-0.39, 0.29) is 11.9 Å². The average molecular weight is 265 g/mol. The number of hydrogen-bond donors (Lipinski definition) is 1. The number of hydrogen-bond acceptors (Lipinski definition) is 3. The first-order valence-electron chi connectivity index (χ1n) is 6.26. The first-order valence-corrected chi connectivity index (χ1v) is 7.31. The van der Waals surface area contributed by atoms with E-state index in [1.54, 1.807) is 6.07 Å². The number of para-hydroxylation sites is 1. The molecule has 18 heavy (non-hydrogen) atoms. The molecular weight excluding hydrogens is 249 g/mol. The molecule has 3 rings (SSSR count). The van der Waals surface area contributed by atoms with Crippen LogP contribution in [0.5, 0.6) is 0 Å². The Hall–Kier alpha value is -1.000. The number of nitrogens with one attached hydrogen (secondary N) is 1. The smallest absolute Gasteiger partial charge is 0.169 e. The van der Waals surface area contributed by atoms with Crippen molar-refractivity contribution in [3.8, 4) is 0 Å². The Balaban J connectivity index is 1.99. The van der Waals surface area contributed by atoms with Crippen LogP contribution in [0.3, 0.4) is 0 Å². The van der Waals surface area contributed by atoms with Crippen LogP contribution >= 0.6 is 11.8 Å². The number of benzene rings is 1. The number of thioether (sulfide) groups is 1. The standard InChI is InChI=1S/C14H16FNOS/c1-16-13(12-6-3-7-18-12)11-8-9-4-2-5-10(15)14(9)17-11/h2,4-5,8,12-13,16H,3,6-7H2,1H3. The Morgan fingerprint density at radius 1 is 1.50 bits per heavy atom. The molecule has 1 aromatic heterocycles. The van der Waals surface area contributed by atoms with Gasteiger partial charge in [0.15, 0.2) is 11.4 Å². The van der Waals surface area contributed by atoms with Crippen LogP contribution in [0, 0.1) is 5.82 Å². The molecule has 0 amide bonds. The van der Waals surface area contributed by atoms with Crippen molar-refractivity contribution in [2.75, 3.05) is 12.8 Å². The Morgan fingerprint density at radius 2 is 2.39 bits per heavy atom. The van der Waals surface area contributed by atoms with E-state index in [9.17, 15) is 4.39 Å². The third-order valence-corrected chi connectivity index (χ3v) is 4.93. The number of halogens is 1. The van der Waals surface area contributed by atoms with Crippen LogP contribution in [0.15, 0.2) is 28.7 Å². The van der Waals surface area contributed by atoms with E-state index in [1.165, 1.54) is 24.7 Å². The van der Waals surface area contributed by atoms with Gasteiger partial charge in [-0.15, -0.1) is 0 Å². The second kappa shape index (κ2) is 4.94. The molecule has 0 aliphatic carbocycles. The van der Waals surface area contributed by atoms with Crippen molar-refractivity contribution >= 4 is 22.7 Å². The van der Waals surface area contributed by atoms with Crippen LogP contribution < -0.4 is 5.32 Å². The summed E-state index contributed by atoms with van der Waals surface area (Å²) in [6.07, 6.45) is 2.44. The minimum absolute atomic E-state index is 0.171. The second-order valence-electron chi connectivity index (χ2n) is 4.62. The molecule has 1 saturated heterocycles. The van der Waals surface area contributed by atoms with Gasteiger partial charge in [0.25, 0.3) is 0 Å². The van der Waals surface area contributed by atoms with Gasteiger partial charge in [-0.1, -0.05) is 12.1 Å². The van der Waals surface area contributed by atoms with Crippen molar-refractivity contribution in [2.45, 2.75) is 24.1 Å². The summed E-state index contributed by atoms with van der Waals surface area (Å²) in [5, 5.41) is 4.67. The zero-order chi connectivity index (χ0) is 12.5. The summed E-state index contributed by atoms with van der Waals surface area (Å²) in [5.41, 5.74) is 0.371. The fourth-order valence-electron chi connectivity index (χ4n) is 2.58. The molecule has 1 aromatic carbocycles. The molecule has 2 aromatic rings. The molecule has 0 radical (unpaired) electrons. The van der Waals surface area contributed by atoms with Crippen LogP contribution in [-0.4, -0.2) is 18.1 Å². The molecule has 0 bridgehead atoms. The van der Waals surface area contributed by atoms with E-state index < -0.39 is 0 Å². The maximum absolute atomic E-state index is 13.6. The monoisotopic (exact) mass is 265 g/mol. The molecule has 1 aliphatic rings. The number of fused-ring (bicyclic) bond motifs is 1. The van der Waals surface area contributed by atoms with Crippen LogP contribution in [-0.2, 0) is 0 Å². The van der Waals surface area contributed by atoms with Crippen molar-refractivity contribution in [1.29, 1.82) is 0 Å². The molecule has 0 saturated carbocycles. The first-order chi connectivity index (χ1) is 8.79. The first kappa shape index (κ1) is 12.1. The molecule has 96 valence electrons. The molecule has 0 spiro atoms. The molecule has 2 nitrogen and oxygen atoms in total. The molecule has 1 fully saturated rings. The van der Waals surface area contributed by atoms with Crippen LogP contribution in [0.1, 0.15) is 24.6 Å². The lowest BCUT2D eigenvalue weighted by Crippen LogP contribution is -2.25. The highest BCUT2D eigenvalue weighted by molar-refractivity contribution is 8.00. The van der Waals surface area contributed by atoms with E-state index in [2.05, 4.69) is 5.32 Å². The lowest BCUT2D eigenvalue weighted by molar-refractivity contribution is 0.430. The highest BCUT2D eigenvalue weighted by atomic mass is 32.2. The lowest BCUT2D eigenvalue weighted by atomic mass is 10.1. The fraction of sp³-hybridized carbons (Fsp3) is 0.429. The van der Waals surface area contributed by atoms with Crippen LogP contribution in [0.4, 0.5) is 4.39 Å². The number of furan rings is 1. The molecule has 4 heteroatoms. The Kier molecular flexibility index (Phi) is 3.31. The van der Waals surface area contributed by atoms with Crippen molar-refractivity contribution < 1.29 is 8.81 Å². The van der Waals surface area contributed by atoms with Crippen molar-refractivity contribution in [3.05, 3.63) is 35.8 Å². The van der Waals surface area contributed by atoms with E-state index >= 15 is 0 Å². The molecule has 2 heterocycles. The quantitative estimate of drug-likeness (QED) is 0.915. The summed E-state index contributed by atoms with van der Waals surface area (Å²) in [5.74, 6) is 1.77. The number of rotatable bonds is 3. The average Bonchev–Trinajstić information content (AvgIpc) is 3.00. The predicted molar refractivity (Wildman–Crippen MR) is 73.5 cm³/mol. The van der Waals surface area contributed by atoms with Gasteiger partial charge in [0.2, 0.25) is 0 Å². The Bertz CT molecular complexity index is 548.